The van der Waals surface area contributed by atoms with E-state index in [0.717, 1.165) is 46.4 Å². The Kier molecular flexibility index (Phi) is 11.0. The fourth-order valence-corrected chi connectivity index (χ4v) is 6.76. The first-order chi connectivity index (χ1) is 20.2. The highest BCUT2D eigenvalue weighted by Crippen LogP contribution is 2.27. The van der Waals surface area contributed by atoms with Crippen molar-refractivity contribution >= 4 is 43.5 Å². The summed E-state index contributed by atoms with van der Waals surface area (Å²) in [5.74, 6) is -0.141. The molecule has 0 heterocycles. The third kappa shape index (κ3) is 8.13. The lowest BCUT2D eigenvalue weighted by Crippen LogP contribution is -2.53. The van der Waals surface area contributed by atoms with Gasteiger partial charge in [-0.2, -0.15) is 0 Å². The minimum Gasteiger partial charge on any atom is -0.494 e. The SMILES string of the molecule is CCOc1ccc(N(CC(=O)N(Cc2ccc(Br)cc2)[C@@H](C)C(=O)NC2CCCCC2)S(=O)(=O)c2ccccc2)cc1. The van der Waals surface area contributed by atoms with Gasteiger partial charge in [-0.3, -0.25) is 13.9 Å². The number of carbonyl (C=O) groups excluding carboxylic acids is 2. The Labute approximate surface area is 257 Å². The number of carbonyl (C=O) groups is 2. The standard InChI is InChI=1S/C32H38BrN3O5S/c1-3-41-29-20-18-28(19-21-29)36(42(39,40)30-12-8-5-9-13-30)23-31(37)35(22-25-14-16-26(33)17-15-25)24(2)32(38)34-27-10-6-4-7-11-27/h5,8-9,12-21,24,27H,3-4,6-7,10-11,22-23H2,1-2H3,(H,34,38)/t24-/m0/s1. The Morgan fingerprint density at radius 1 is 0.952 bits per heavy atom. The molecule has 1 aliphatic carbocycles. The van der Waals surface area contributed by atoms with Gasteiger partial charge in [-0.25, -0.2) is 8.42 Å². The van der Waals surface area contributed by atoms with Crippen LogP contribution >= 0.6 is 15.9 Å². The third-order valence-corrected chi connectivity index (χ3v) is 9.75. The van der Waals surface area contributed by atoms with Crippen molar-refractivity contribution in [1.29, 1.82) is 0 Å². The number of hydrogen-bond acceptors (Lipinski definition) is 5. The summed E-state index contributed by atoms with van der Waals surface area (Å²) in [6, 6.07) is 21.4. The topological polar surface area (TPSA) is 96.0 Å². The quantitative estimate of drug-likeness (QED) is 0.262. The molecule has 0 spiro atoms. The number of benzene rings is 3. The number of sulfonamides is 1. The van der Waals surface area contributed by atoms with Crippen LogP contribution in [0.4, 0.5) is 5.69 Å². The van der Waals surface area contributed by atoms with E-state index in [0.29, 0.717) is 18.0 Å². The summed E-state index contributed by atoms with van der Waals surface area (Å²) in [5.41, 5.74) is 1.14. The van der Waals surface area contributed by atoms with Crippen molar-refractivity contribution < 1.29 is 22.7 Å². The molecular weight excluding hydrogens is 618 g/mol. The van der Waals surface area contributed by atoms with E-state index in [4.69, 9.17) is 4.74 Å². The molecule has 8 nitrogen and oxygen atoms in total. The average molecular weight is 657 g/mol. The predicted molar refractivity (Wildman–Crippen MR) is 168 cm³/mol. The van der Waals surface area contributed by atoms with E-state index in [1.807, 2.05) is 31.2 Å². The number of nitrogens with one attached hydrogen (secondary N) is 1. The molecule has 1 aliphatic rings. The van der Waals surface area contributed by atoms with Gasteiger partial charge < -0.3 is 15.0 Å². The second-order valence-electron chi connectivity index (χ2n) is 10.4. The lowest BCUT2D eigenvalue weighted by Gasteiger charge is -2.33. The molecule has 1 N–H and O–H groups in total. The van der Waals surface area contributed by atoms with E-state index in [1.165, 1.54) is 17.0 Å². The van der Waals surface area contributed by atoms with Crippen molar-refractivity contribution in [2.45, 2.75) is 69.5 Å². The summed E-state index contributed by atoms with van der Waals surface area (Å²) in [6.07, 6.45) is 5.12. The zero-order valence-electron chi connectivity index (χ0n) is 24.0. The Morgan fingerprint density at radius 3 is 2.21 bits per heavy atom. The summed E-state index contributed by atoms with van der Waals surface area (Å²) >= 11 is 3.44. The molecular formula is C32H38BrN3O5S. The van der Waals surface area contributed by atoms with E-state index in [1.54, 1.807) is 49.4 Å². The molecule has 0 unspecified atom stereocenters. The fraction of sp³-hybridized carbons (Fsp3) is 0.375. The van der Waals surface area contributed by atoms with Gasteiger partial charge in [-0.1, -0.05) is 65.5 Å². The molecule has 0 aromatic heterocycles. The maximum atomic E-state index is 14.1. The van der Waals surface area contributed by atoms with E-state index < -0.39 is 28.5 Å². The largest absolute Gasteiger partial charge is 0.494 e. The first-order valence-electron chi connectivity index (χ1n) is 14.3. The molecule has 3 aromatic rings. The van der Waals surface area contributed by atoms with Crippen LogP contribution in [0.5, 0.6) is 5.75 Å². The number of hydrogen-bond donors (Lipinski definition) is 1. The van der Waals surface area contributed by atoms with Gasteiger partial charge in [0.1, 0.15) is 18.3 Å². The van der Waals surface area contributed by atoms with Crippen LogP contribution in [0, 0.1) is 0 Å². The predicted octanol–water partition coefficient (Wildman–Crippen LogP) is 5.91. The van der Waals surface area contributed by atoms with Crippen LogP contribution in [-0.2, 0) is 26.2 Å². The summed E-state index contributed by atoms with van der Waals surface area (Å²) < 4.78 is 35.3. The second-order valence-corrected chi connectivity index (χ2v) is 13.2. The summed E-state index contributed by atoms with van der Waals surface area (Å²) in [7, 11) is -4.12. The highest BCUT2D eigenvalue weighted by Gasteiger charge is 2.33. The Hall–Kier alpha value is -3.37. The van der Waals surface area contributed by atoms with Gasteiger partial charge in [0.15, 0.2) is 0 Å². The van der Waals surface area contributed by atoms with Crippen molar-refractivity contribution in [1.82, 2.24) is 10.2 Å². The molecule has 0 radical (unpaired) electrons. The third-order valence-electron chi connectivity index (χ3n) is 7.43. The molecule has 0 saturated heterocycles. The number of nitrogens with zero attached hydrogens (tertiary/aromatic N) is 2. The first-order valence-corrected chi connectivity index (χ1v) is 16.6. The molecule has 0 bridgehead atoms. The van der Waals surface area contributed by atoms with E-state index in [2.05, 4.69) is 21.2 Å². The highest BCUT2D eigenvalue weighted by molar-refractivity contribution is 9.10. The molecule has 1 atom stereocenters. The van der Waals surface area contributed by atoms with Crippen LogP contribution in [0.15, 0.2) is 88.2 Å². The maximum Gasteiger partial charge on any atom is 0.264 e. The van der Waals surface area contributed by atoms with Crippen molar-refractivity contribution in [2.24, 2.45) is 0 Å². The van der Waals surface area contributed by atoms with Gasteiger partial charge in [0.2, 0.25) is 11.8 Å². The van der Waals surface area contributed by atoms with Crippen molar-refractivity contribution in [3.63, 3.8) is 0 Å². The smallest absolute Gasteiger partial charge is 0.264 e. The first kappa shape index (κ1) is 31.6. The van der Waals surface area contributed by atoms with Crippen LogP contribution in [-0.4, -0.2) is 50.4 Å². The molecule has 0 aliphatic heterocycles. The van der Waals surface area contributed by atoms with Gasteiger partial charge >= 0.3 is 0 Å². The zero-order valence-corrected chi connectivity index (χ0v) is 26.4. The normalized spacial score (nSPS) is 14.5. The van der Waals surface area contributed by atoms with Crippen molar-refractivity contribution in [3.05, 3.63) is 88.9 Å². The zero-order chi connectivity index (χ0) is 30.1. The average Bonchev–Trinajstić information content (AvgIpc) is 3.00. The Balaban J connectivity index is 1.66. The second kappa shape index (κ2) is 14.7. The number of halogens is 1. The van der Waals surface area contributed by atoms with Crippen LogP contribution in [0.1, 0.15) is 51.5 Å². The van der Waals surface area contributed by atoms with Crippen LogP contribution in [0.3, 0.4) is 0 Å². The fourth-order valence-electron chi connectivity index (χ4n) is 5.06. The number of rotatable bonds is 12. The van der Waals surface area contributed by atoms with Crippen molar-refractivity contribution in [3.8, 4) is 5.75 Å². The molecule has 224 valence electrons. The van der Waals surface area contributed by atoms with Crippen LogP contribution < -0.4 is 14.4 Å². The van der Waals surface area contributed by atoms with Crippen molar-refractivity contribution in [2.75, 3.05) is 17.5 Å². The number of ether oxygens (including phenoxy) is 1. The summed E-state index contributed by atoms with van der Waals surface area (Å²) in [5, 5.41) is 3.12. The molecule has 4 rings (SSSR count). The number of amides is 2. The van der Waals surface area contributed by atoms with Crippen LogP contribution in [0.25, 0.3) is 0 Å². The lowest BCUT2D eigenvalue weighted by atomic mass is 9.95. The van der Waals surface area contributed by atoms with Crippen LogP contribution in [0.2, 0.25) is 0 Å². The highest BCUT2D eigenvalue weighted by atomic mass is 79.9. The lowest BCUT2D eigenvalue weighted by molar-refractivity contribution is -0.139. The summed E-state index contributed by atoms with van der Waals surface area (Å²) in [6.45, 7) is 3.69. The van der Waals surface area contributed by atoms with Gasteiger partial charge in [0, 0.05) is 17.1 Å². The van der Waals surface area contributed by atoms with E-state index >= 15 is 0 Å². The summed E-state index contributed by atoms with van der Waals surface area (Å²) in [4.78, 5) is 29.0. The van der Waals surface area contributed by atoms with Gasteiger partial charge in [0.05, 0.1) is 17.2 Å². The van der Waals surface area contributed by atoms with E-state index in [9.17, 15) is 18.0 Å². The molecule has 1 fully saturated rings. The molecule has 2 amide bonds. The number of anilines is 1. The maximum absolute atomic E-state index is 14.1. The molecule has 42 heavy (non-hydrogen) atoms. The van der Waals surface area contributed by atoms with Gasteiger partial charge in [-0.15, -0.1) is 0 Å². The monoisotopic (exact) mass is 655 g/mol. The Morgan fingerprint density at radius 2 is 1.60 bits per heavy atom. The minimum absolute atomic E-state index is 0.0641. The van der Waals surface area contributed by atoms with E-state index in [-0.39, 0.29) is 23.4 Å². The molecule has 10 heteroatoms. The molecule has 3 aromatic carbocycles. The van der Waals surface area contributed by atoms with Gasteiger partial charge in [-0.05, 0) is 80.8 Å². The Bertz CT molecular complexity index is 1430. The molecule has 1 saturated carbocycles. The minimum atomic E-state index is -4.12. The van der Waals surface area contributed by atoms with Gasteiger partial charge in [0.25, 0.3) is 10.0 Å².